The van der Waals surface area contributed by atoms with Crippen molar-refractivity contribution < 1.29 is 47.0 Å². The highest BCUT2D eigenvalue weighted by atomic mass is 35.5. The van der Waals surface area contributed by atoms with Gasteiger partial charge in [0.1, 0.15) is 0 Å². The van der Waals surface area contributed by atoms with E-state index in [0.29, 0.717) is 77.9 Å². The van der Waals surface area contributed by atoms with Crippen LogP contribution in [0.15, 0.2) is 36.4 Å². The summed E-state index contributed by atoms with van der Waals surface area (Å²) >= 11 is 6.11. The fourth-order valence-electron chi connectivity index (χ4n) is 8.08. The Kier molecular flexibility index (Phi) is 12.8. The van der Waals surface area contributed by atoms with Crippen LogP contribution in [-0.2, 0) is 38.1 Å². The molecule has 0 unspecified atom stereocenters. The second-order valence-electron chi connectivity index (χ2n) is 14.7. The second-order valence-corrected chi connectivity index (χ2v) is 15.1. The van der Waals surface area contributed by atoms with E-state index in [0.717, 1.165) is 17.3 Å². The highest BCUT2D eigenvalue weighted by molar-refractivity contribution is 6.33. The van der Waals surface area contributed by atoms with Crippen molar-refractivity contribution in [2.75, 3.05) is 70.0 Å². The number of halogens is 4. The predicted octanol–water partition coefficient (Wildman–Crippen LogP) is 4.54. The van der Waals surface area contributed by atoms with Gasteiger partial charge in [0.25, 0.3) is 5.91 Å². The lowest BCUT2D eigenvalue weighted by Crippen LogP contribution is -2.56. The van der Waals surface area contributed by atoms with E-state index < -0.39 is 41.5 Å². The van der Waals surface area contributed by atoms with Crippen LogP contribution >= 0.6 is 11.6 Å². The molecule has 4 aliphatic heterocycles. The number of carbonyl (C=O) groups excluding carboxylic acids is 4. The van der Waals surface area contributed by atoms with Gasteiger partial charge in [0.2, 0.25) is 5.91 Å². The number of nitrogens with zero attached hydrogens (tertiary/aromatic N) is 5. The quantitative estimate of drug-likeness (QED) is 0.308. The van der Waals surface area contributed by atoms with Crippen LogP contribution in [0.25, 0.3) is 0 Å². The van der Waals surface area contributed by atoms with Crippen molar-refractivity contribution in [3.8, 4) is 0 Å². The Balaban J connectivity index is 1.08. The first-order valence-electron chi connectivity index (χ1n) is 19.0. The summed E-state index contributed by atoms with van der Waals surface area (Å²) in [6.45, 7) is 3.78. The largest absolute Gasteiger partial charge is 0.481 e. The molecule has 3 saturated heterocycles. The molecule has 5 amide bonds. The van der Waals surface area contributed by atoms with E-state index >= 15 is 0 Å². The first-order chi connectivity index (χ1) is 26.7. The zero-order valence-electron chi connectivity index (χ0n) is 30.9. The van der Waals surface area contributed by atoms with E-state index in [1.165, 1.54) is 11.0 Å². The fourth-order valence-corrected chi connectivity index (χ4v) is 8.32. The standard InChI is InChI=1S/C38H47ClF3N7O7/c39-29-22-24(21-28(34(29)43)38(40,41)42)23-31(35(53)47-12-8-26(9-13-47)45-17-19-46(20-18-45)32(50)5-6-33(51)52)56-37(55)48-14-10-27(11-15-48)49-16-7-25-3-1-2-4-30(25)44-36(49)54/h1-4,21-22,26-27,31H,5-20,23,43H2,(H,44,54)(H,51,52)/t31-/m1/s1. The molecule has 56 heavy (non-hydrogen) atoms. The number of hydrogen-bond acceptors (Lipinski definition) is 8. The number of alkyl halides is 3. The summed E-state index contributed by atoms with van der Waals surface area (Å²) in [5.74, 6) is -1.76. The maximum atomic E-state index is 14.1. The van der Waals surface area contributed by atoms with Crippen LogP contribution in [0, 0.1) is 0 Å². The number of nitrogen functional groups attached to an aromatic ring is 1. The third-order valence-electron chi connectivity index (χ3n) is 11.3. The monoisotopic (exact) mass is 805 g/mol. The first kappa shape index (κ1) is 40.9. The SMILES string of the molecule is Nc1c(Cl)cc(C[C@@H](OC(=O)N2CCC(N3CCc4ccccc4NC3=O)CC2)C(=O)N2CCC(N3CCN(C(=O)CCC(=O)O)CC3)CC2)cc1C(F)(F)F. The van der Waals surface area contributed by atoms with Crippen molar-refractivity contribution >= 4 is 52.9 Å². The molecule has 0 saturated carbocycles. The number of urea groups is 1. The van der Waals surface area contributed by atoms with Gasteiger partial charge in [-0.15, -0.1) is 0 Å². The molecule has 0 aliphatic carbocycles. The number of carbonyl (C=O) groups is 5. The Morgan fingerprint density at radius 1 is 0.875 bits per heavy atom. The van der Waals surface area contributed by atoms with E-state index in [1.54, 1.807) is 14.7 Å². The van der Waals surface area contributed by atoms with Gasteiger partial charge < -0.3 is 40.5 Å². The van der Waals surface area contributed by atoms with E-state index in [4.69, 9.17) is 27.2 Å². The van der Waals surface area contributed by atoms with Crippen LogP contribution in [-0.4, -0.2) is 137 Å². The minimum absolute atomic E-state index is 0.0280. The Labute approximate surface area is 327 Å². The number of nitrogens with one attached hydrogen (secondary N) is 1. The maximum absolute atomic E-state index is 14.1. The number of para-hydroxylation sites is 1. The predicted molar refractivity (Wildman–Crippen MR) is 200 cm³/mol. The molecule has 4 heterocycles. The molecule has 0 radical (unpaired) electrons. The molecule has 1 atom stereocenters. The molecule has 0 aromatic heterocycles. The molecule has 18 heteroatoms. The van der Waals surface area contributed by atoms with Crippen LogP contribution in [0.3, 0.4) is 0 Å². The van der Waals surface area contributed by atoms with Gasteiger partial charge in [-0.25, -0.2) is 9.59 Å². The van der Waals surface area contributed by atoms with Gasteiger partial charge >= 0.3 is 24.3 Å². The number of piperazine rings is 1. The maximum Gasteiger partial charge on any atom is 0.418 e. The van der Waals surface area contributed by atoms with Gasteiger partial charge in [0, 0.05) is 89.5 Å². The molecule has 4 N–H and O–H groups in total. The normalized spacial score (nSPS) is 19.5. The van der Waals surface area contributed by atoms with Crippen molar-refractivity contribution in [2.24, 2.45) is 0 Å². The molecule has 3 fully saturated rings. The Bertz CT molecular complexity index is 1790. The number of carboxylic acids is 1. The summed E-state index contributed by atoms with van der Waals surface area (Å²) in [5, 5.41) is 11.5. The molecule has 0 bridgehead atoms. The smallest absolute Gasteiger partial charge is 0.418 e. The Morgan fingerprint density at radius 2 is 1.52 bits per heavy atom. The number of carboxylic acid groups (broad SMARTS) is 1. The summed E-state index contributed by atoms with van der Waals surface area (Å²) in [4.78, 5) is 72.8. The lowest BCUT2D eigenvalue weighted by Gasteiger charge is -2.43. The van der Waals surface area contributed by atoms with E-state index in [-0.39, 0.29) is 67.0 Å². The highest BCUT2D eigenvalue weighted by Crippen LogP contribution is 2.38. The van der Waals surface area contributed by atoms with Gasteiger partial charge in [-0.3, -0.25) is 19.3 Å². The summed E-state index contributed by atoms with van der Waals surface area (Å²) in [5.41, 5.74) is 5.71. The lowest BCUT2D eigenvalue weighted by molar-refractivity contribution is -0.143. The number of fused-ring (bicyclic) bond motifs is 1. The number of amides is 5. The number of rotatable bonds is 9. The van der Waals surface area contributed by atoms with Gasteiger partial charge in [0.15, 0.2) is 6.10 Å². The number of ether oxygens (including phenoxy) is 1. The van der Waals surface area contributed by atoms with Crippen molar-refractivity contribution in [1.29, 1.82) is 0 Å². The van der Waals surface area contributed by atoms with Crippen LogP contribution in [0.5, 0.6) is 0 Å². The summed E-state index contributed by atoms with van der Waals surface area (Å²) in [6, 6.07) is 9.45. The number of likely N-dealkylation sites (tertiary alicyclic amines) is 2. The number of benzene rings is 2. The molecular weight excluding hydrogens is 759 g/mol. The average molecular weight is 806 g/mol. The van der Waals surface area contributed by atoms with Gasteiger partial charge in [0.05, 0.1) is 22.7 Å². The van der Waals surface area contributed by atoms with Crippen molar-refractivity contribution in [3.63, 3.8) is 0 Å². The zero-order valence-corrected chi connectivity index (χ0v) is 31.7. The van der Waals surface area contributed by atoms with Crippen LogP contribution < -0.4 is 11.1 Å². The third-order valence-corrected chi connectivity index (χ3v) is 11.6. The van der Waals surface area contributed by atoms with Gasteiger partial charge in [-0.05, 0) is 61.4 Å². The third kappa shape index (κ3) is 9.78. The number of aliphatic carboxylic acids is 1. The van der Waals surface area contributed by atoms with Crippen LogP contribution in [0.2, 0.25) is 5.02 Å². The summed E-state index contributed by atoms with van der Waals surface area (Å²) in [7, 11) is 0. The molecule has 2 aromatic carbocycles. The molecule has 0 spiro atoms. The first-order valence-corrected chi connectivity index (χ1v) is 19.3. The molecule has 14 nitrogen and oxygen atoms in total. The zero-order chi connectivity index (χ0) is 40.1. The number of piperidine rings is 2. The highest BCUT2D eigenvalue weighted by Gasteiger charge is 2.39. The topological polar surface area (TPSA) is 169 Å². The fraction of sp³-hybridized carbons (Fsp3) is 0.553. The van der Waals surface area contributed by atoms with E-state index in [2.05, 4.69) is 10.2 Å². The second kappa shape index (κ2) is 17.6. The van der Waals surface area contributed by atoms with Gasteiger partial charge in [-0.2, -0.15) is 13.2 Å². The number of anilines is 2. The van der Waals surface area contributed by atoms with Crippen LogP contribution in [0.4, 0.5) is 34.1 Å². The van der Waals surface area contributed by atoms with Crippen molar-refractivity contribution in [3.05, 3.63) is 58.1 Å². The number of nitrogens with two attached hydrogens (primary N) is 1. The molecule has 6 rings (SSSR count). The lowest BCUT2D eigenvalue weighted by atomic mass is 9.99. The average Bonchev–Trinajstić information content (AvgIpc) is 3.35. The van der Waals surface area contributed by atoms with E-state index in [1.807, 2.05) is 24.3 Å². The minimum atomic E-state index is -4.81. The Hall–Kier alpha value is -4.77. The number of hydrogen-bond donors (Lipinski definition) is 3. The molecular formula is C38H47ClF3N7O7. The minimum Gasteiger partial charge on any atom is -0.481 e. The summed E-state index contributed by atoms with van der Waals surface area (Å²) in [6.07, 6.45) is -4.87. The van der Waals surface area contributed by atoms with Crippen LogP contribution in [0.1, 0.15) is 55.2 Å². The molecule has 4 aliphatic rings. The van der Waals surface area contributed by atoms with Gasteiger partial charge in [-0.1, -0.05) is 29.8 Å². The van der Waals surface area contributed by atoms with Crippen molar-refractivity contribution in [1.82, 2.24) is 24.5 Å². The van der Waals surface area contributed by atoms with E-state index in [9.17, 15) is 37.1 Å². The molecule has 304 valence electrons. The van der Waals surface area contributed by atoms with Crippen molar-refractivity contribution in [2.45, 2.75) is 75.7 Å². The summed E-state index contributed by atoms with van der Waals surface area (Å²) < 4.78 is 47.4. The molecule has 2 aromatic rings. The Morgan fingerprint density at radius 3 is 2.18 bits per heavy atom.